The summed E-state index contributed by atoms with van der Waals surface area (Å²) in [6.07, 6.45) is 4.88. The van der Waals surface area contributed by atoms with Crippen molar-refractivity contribution in [1.82, 2.24) is 10.2 Å². The molecule has 1 aromatic rings. The molecule has 1 aliphatic rings. The smallest absolute Gasteiger partial charge is 0.257 e. The zero-order valence-corrected chi connectivity index (χ0v) is 12.3. The lowest BCUT2D eigenvalue weighted by Gasteiger charge is -2.26. The van der Waals surface area contributed by atoms with E-state index in [0.29, 0.717) is 12.3 Å². The maximum Gasteiger partial charge on any atom is 0.257 e. The van der Waals surface area contributed by atoms with Gasteiger partial charge in [0.15, 0.2) is 6.61 Å². The first-order chi connectivity index (χ1) is 10.2. The van der Waals surface area contributed by atoms with Gasteiger partial charge in [-0.2, -0.15) is 0 Å². The van der Waals surface area contributed by atoms with Crippen molar-refractivity contribution in [3.63, 3.8) is 0 Å². The first kappa shape index (κ1) is 15.8. The van der Waals surface area contributed by atoms with Crippen LogP contribution in [-0.2, 0) is 4.79 Å². The van der Waals surface area contributed by atoms with E-state index in [9.17, 15) is 9.18 Å². The number of carbonyl (C=O) groups is 1. The van der Waals surface area contributed by atoms with Crippen molar-refractivity contribution < 1.29 is 13.9 Å². The SMILES string of the molecule is O=C(COc1ccc(F)cc1)NCCCN1CCCCC1. The molecule has 116 valence electrons. The van der Waals surface area contributed by atoms with Gasteiger partial charge in [-0.05, 0) is 63.2 Å². The minimum atomic E-state index is -0.315. The van der Waals surface area contributed by atoms with Crippen molar-refractivity contribution in [3.8, 4) is 5.75 Å². The average molecular weight is 294 g/mol. The lowest BCUT2D eigenvalue weighted by molar-refractivity contribution is -0.123. The number of hydrogen-bond acceptors (Lipinski definition) is 3. The van der Waals surface area contributed by atoms with Gasteiger partial charge in [-0.25, -0.2) is 4.39 Å². The molecular formula is C16H23FN2O2. The second kappa shape index (κ2) is 8.62. The molecule has 1 amide bonds. The summed E-state index contributed by atoms with van der Waals surface area (Å²) in [5, 5.41) is 2.84. The van der Waals surface area contributed by atoms with E-state index in [0.717, 1.165) is 13.0 Å². The molecule has 0 aromatic heterocycles. The molecule has 0 atom stereocenters. The molecule has 0 aliphatic carbocycles. The Morgan fingerprint density at radius 2 is 1.90 bits per heavy atom. The molecule has 0 bridgehead atoms. The van der Waals surface area contributed by atoms with Crippen LogP contribution in [0.25, 0.3) is 0 Å². The minimum Gasteiger partial charge on any atom is -0.484 e. The van der Waals surface area contributed by atoms with Gasteiger partial charge in [0, 0.05) is 6.54 Å². The summed E-state index contributed by atoms with van der Waals surface area (Å²) in [7, 11) is 0. The number of nitrogens with zero attached hydrogens (tertiary/aromatic N) is 1. The molecule has 0 radical (unpaired) electrons. The highest BCUT2D eigenvalue weighted by Crippen LogP contribution is 2.10. The molecule has 2 rings (SSSR count). The first-order valence-corrected chi connectivity index (χ1v) is 7.61. The third kappa shape index (κ3) is 6.12. The van der Waals surface area contributed by atoms with Crippen LogP contribution in [0.2, 0.25) is 0 Å². The Kier molecular flexibility index (Phi) is 6.47. The van der Waals surface area contributed by atoms with Crippen LogP contribution >= 0.6 is 0 Å². The van der Waals surface area contributed by atoms with Gasteiger partial charge in [-0.15, -0.1) is 0 Å². The molecule has 1 aliphatic heterocycles. The molecule has 1 heterocycles. The molecule has 4 nitrogen and oxygen atoms in total. The summed E-state index contributed by atoms with van der Waals surface area (Å²) in [6, 6.07) is 5.65. The third-order valence-electron chi connectivity index (χ3n) is 3.61. The van der Waals surface area contributed by atoms with Crippen LogP contribution in [0, 0.1) is 5.82 Å². The summed E-state index contributed by atoms with van der Waals surface area (Å²) < 4.78 is 18.0. The Hall–Kier alpha value is -1.62. The fourth-order valence-corrected chi connectivity index (χ4v) is 2.44. The molecule has 1 saturated heterocycles. The summed E-state index contributed by atoms with van der Waals surface area (Å²) >= 11 is 0. The van der Waals surface area contributed by atoms with Crippen LogP contribution < -0.4 is 10.1 Å². The van der Waals surface area contributed by atoms with Crippen molar-refractivity contribution in [1.29, 1.82) is 0 Å². The van der Waals surface area contributed by atoms with Gasteiger partial charge in [-0.1, -0.05) is 6.42 Å². The number of halogens is 1. The normalized spacial score (nSPS) is 15.7. The zero-order valence-electron chi connectivity index (χ0n) is 12.3. The van der Waals surface area contributed by atoms with Gasteiger partial charge in [0.2, 0.25) is 0 Å². The van der Waals surface area contributed by atoms with Crippen LogP contribution in [0.4, 0.5) is 4.39 Å². The number of likely N-dealkylation sites (tertiary alicyclic amines) is 1. The fourth-order valence-electron chi connectivity index (χ4n) is 2.44. The molecule has 0 unspecified atom stereocenters. The van der Waals surface area contributed by atoms with Crippen molar-refractivity contribution in [2.75, 3.05) is 32.8 Å². The molecule has 21 heavy (non-hydrogen) atoms. The van der Waals surface area contributed by atoms with E-state index >= 15 is 0 Å². The first-order valence-electron chi connectivity index (χ1n) is 7.61. The largest absolute Gasteiger partial charge is 0.484 e. The van der Waals surface area contributed by atoms with E-state index in [1.54, 1.807) is 0 Å². The second-order valence-electron chi connectivity index (χ2n) is 5.35. The highest BCUT2D eigenvalue weighted by Gasteiger charge is 2.09. The Morgan fingerprint density at radius 3 is 2.62 bits per heavy atom. The van der Waals surface area contributed by atoms with Crippen LogP contribution in [-0.4, -0.2) is 43.6 Å². The van der Waals surface area contributed by atoms with Crippen LogP contribution in [0.15, 0.2) is 24.3 Å². The van der Waals surface area contributed by atoms with Crippen LogP contribution in [0.5, 0.6) is 5.75 Å². The highest BCUT2D eigenvalue weighted by atomic mass is 19.1. The van der Waals surface area contributed by atoms with Gasteiger partial charge < -0.3 is 15.0 Å². The summed E-state index contributed by atoms with van der Waals surface area (Å²) in [6.45, 7) is 4.04. The fraction of sp³-hybridized carbons (Fsp3) is 0.562. The molecule has 0 saturated carbocycles. The number of benzene rings is 1. The summed E-state index contributed by atoms with van der Waals surface area (Å²) in [5.74, 6) is 0.0438. The Labute approximate surface area is 125 Å². The van der Waals surface area contributed by atoms with Crippen molar-refractivity contribution in [3.05, 3.63) is 30.1 Å². The van der Waals surface area contributed by atoms with Crippen molar-refractivity contribution in [2.45, 2.75) is 25.7 Å². The quantitative estimate of drug-likeness (QED) is 0.784. The van der Waals surface area contributed by atoms with Gasteiger partial charge in [-0.3, -0.25) is 4.79 Å². The Morgan fingerprint density at radius 1 is 1.19 bits per heavy atom. The molecule has 1 fully saturated rings. The predicted octanol–water partition coefficient (Wildman–Crippen LogP) is 2.20. The molecule has 5 heteroatoms. The van der Waals surface area contributed by atoms with Crippen molar-refractivity contribution >= 4 is 5.91 Å². The van der Waals surface area contributed by atoms with Gasteiger partial charge >= 0.3 is 0 Å². The maximum absolute atomic E-state index is 12.7. The highest BCUT2D eigenvalue weighted by molar-refractivity contribution is 5.77. The van der Waals surface area contributed by atoms with Crippen molar-refractivity contribution in [2.24, 2.45) is 0 Å². The lowest BCUT2D eigenvalue weighted by atomic mass is 10.1. The minimum absolute atomic E-state index is 0.0324. The number of hydrogen-bond donors (Lipinski definition) is 1. The number of rotatable bonds is 7. The number of nitrogens with one attached hydrogen (secondary N) is 1. The van der Waals surface area contributed by atoms with E-state index in [4.69, 9.17) is 4.74 Å². The van der Waals surface area contributed by atoms with E-state index in [1.165, 1.54) is 56.6 Å². The van der Waals surface area contributed by atoms with E-state index in [1.807, 2.05) is 0 Å². The third-order valence-corrected chi connectivity index (χ3v) is 3.61. The summed E-state index contributed by atoms with van der Waals surface area (Å²) in [4.78, 5) is 14.1. The maximum atomic E-state index is 12.7. The van der Waals surface area contributed by atoms with E-state index in [-0.39, 0.29) is 18.3 Å². The van der Waals surface area contributed by atoms with E-state index in [2.05, 4.69) is 10.2 Å². The predicted molar refractivity (Wildman–Crippen MR) is 79.8 cm³/mol. The number of piperidine rings is 1. The number of carbonyl (C=O) groups excluding carboxylic acids is 1. The number of amides is 1. The van der Waals surface area contributed by atoms with Gasteiger partial charge in [0.05, 0.1) is 0 Å². The zero-order chi connectivity index (χ0) is 14.9. The number of ether oxygens (including phenoxy) is 1. The van der Waals surface area contributed by atoms with Crippen LogP contribution in [0.1, 0.15) is 25.7 Å². The molecule has 1 aromatic carbocycles. The summed E-state index contributed by atoms with van der Waals surface area (Å²) in [5.41, 5.74) is 0. The average Bonchev–Trinajstić information content (AvgIpc) is 2.52. The Balaban J connectivity index is 1.54. The topological polar surface area (TPSA) is 41.6 Å². The van der Waals surface area contributed by atoms with E-state index < -0.39 is 0 Å². The molecule has 0 spiro atoms. The monoisotopic (exact) mass is 294 g/mol. The lowest BCUT2D eigenvalue weighted by Crippen LogP contribution is -2.34. The van der Waals surface area contributed by atoms with Gasteiger partial charge in [0.1, 0.15) is 11.6 Å². The van der Waals surface area contributed by atoms with Gasteiger partial charge in [0.25, 0.3) is 5.91 Å². The molecular weight excluding hydrogens is 271 g/mol. The molecule has 1 N–H and O–H groups in total. The standard InChI is InChI=1S/C16H23FN2O2/c17-14-5-7-15(8-6-14)21-13-16(20)18-9-4-12-19-10-2-1-3-11-19/h5-8H,1-4,9-13H2,(H,18,20). The van der Waals surface area contributed by atoms with Crippen LogP contribution in [0.3, 0.4) is 0 Å². The second-order valence-corrected chi connectivity index (χ2v) is 5.35. The Bertz CT molecular complexity index is 430.